The number of nitrogens with zero attached hydrogens (tertiary/aromatic N) is 3. The normalized spacial score (nSPS) is 15.0. The third-order valence-electron chi connectivity index (χ3n) is 7.38. The van der Waals surface area contributed by atoms with Gasteiger partial charge in [0.05, 0.1) is 11.9 Å². The Morgan fingerprint density at radius 1 is 0.951 bits per heavy atom. The molecule has 2 atom stereocenters. The van der Waals surface area contributed by atoms with Gasteiger partial charge in [-0.15, -0.1) is 0 Å². The van der Waals surface area contributed by atoms with Gasteiger partial charge in [-0.1, -0.05) is 72.8 Å². The van der Waals surface area contributed by atoms with Gasteiger partial charge < -0.3 is 25.8 Å². The van der Waals surface area contributed by atoms with Gasteiger partial charge in [0.25, 0.3) is 0 Å². The summed E-state index contributed by atoms with van der Waals surface area (Å²) in [5.41, 5.74) is 6.59. The van der Waals surface area contributed by atoms with Crippen molar-refractivity contribution < 1.29 is 14.4 Å². The maximum Gasteiger partial charge on any atom is 0.250 e. The molecular formula is C32H36N6O3. The first kappa shape index (κ1) is 28.0. The minimum absolute atomic E-state index is 0.00408. The number of likely N-dealkylation sites (tertiary alicyclic amines) is 1. The Labute approximate surface area is 239 Å². The van der Waals surface area contributed by atoms with Gasteiger partial charge in [0.2, 0.25) is 17.7 Å². The van der Waals surface area contributed by atoms with Gasteiger partial charge in [0.15, 0.2) is 5.82 Å². The van der Waals surface area contributed by atoms with Gasteiger partial charge in [0.1, 0.15) is 12.1 Å². The zero-order valence-electron chi connectivity index (χ0n) is 23.4. The molecule has 3 aromatic carbocycles. The van der Waals surface area contributed by atoms with Crippen molar-refractivity contribution >= 4 is 34.3 Å². The monoisotopic (exact) mass is 552 g/mol. The molecule has 5 rings (SSSR count). The maximum atomic E-state index is 13.5. The van der Waals surface area contributed by atoms with E-state index in [4.69, 9.17) is 5.73 Å². The molecule has 4 N–H and O–H groups in total. The fraction of sp³-hybridized carbons (Fsp3) is 0.312. The number of carbonyl (C=O) groups is 3. The molecular weight excluding hydrogens is 516 g/mol. The summed E-state index contributed by atoms with van der Waals surface area (Å²) in [7, 11) is 0. The molecule has 1 fully saturated rings. The Kier molecular flexibility index (Phi) is 8.16. The standard InChI is InChI=1S/C32H36N6O3/c1-32(2,33)31(41)35-26(19-22-14-15-23-10-6-7-13-25(23)18-22)29(39)36-27-20-38(21-34-27)28(24-11-4-3-5-12-24)30(40)37-16-8-9-17-37/h3-7,10-15,18,20-21,26,28H,8-9,16-17,19,33H2,1-2H3,(H,35,41)(H,36,39)/t26-,28?/m1/s1. The van der Waals surface area contributed by atoms with Crippen LogP contribution in [0.15, 0.2) is 85.3 Å². The van der Waals surface area contributed by atoms with Crippen LogP contribution in [0.2, 0.25) is 0 Å². The first-order chi connectivity index (χ1) is 19.7. The molecule has 9 nitrogen and oxygen atoms in total. The van der Waals surface area contributed by atoms with Gasteiger partial charge in [-0.25, -0.2) is 4.98 Å². The summed E-state index contributed by atoms with van der Waals surface area (Å²) in [5, 5.41) is 7.79. The van der Waals surface area contributed by atoms with Crippen LogP contribution < -0.4 is 16.4 Å². The molecule has 1 aliphatic heterocycles. The third kappa shape index (κ3) is 6.63. The molecule has 0 saturated carbocycles. The van der Waals surface area contributed by atoms with Crippen molar-refractivity contribution in [1.29, 1.82) is 0 Å². The Morgan fingerprint density at radius 3 is 2.34 bits per heavy atom. The SMILES string of the molecule is CC(C)(N)C(=O)N[C@H](Cc1ccc2ccccc2c1)C(=O)Nc1cn(C(C(=O)N2CCCC2)c2ccccc2)cn1. The first-order valence-corrected chi connectivity index (χ1v) is 13.9. The van der Waals surface area contributed by atoms with E-state index in [0.717, 1.165) is 47.8 Å². The van der Waals surface area contributed by atoms with Crippen molar-refractivity contribution in [3.63, 3.8) is 0 Å². The zero-order valence-corrected chi connectivity index (χ0v) is 23.4. The Bertz CT molecular complexity index is 1540. The highest BCUT2D eigenvalue weighted by Gasteiger charge is 2.31. The van der Waals surface area contributed by atoms with E-state index in [-0.39, 0.29) is 18.1 Å². The highest BCUT2D eigenvalue weighted by Crippen LogP contribution is 2.25. The van der Waals surface area contributed by atoms with Crippen molar-refractivity contribution in [3.8, 4) is 0 Å². The molecule has 3 amide bonds. The second-order valence-electron chi connectivity index (χ2n) is 11.2. The Hall–Kier alpha value is -4.50. The second kappa shape index (κ2) is 11.9. The van der Waals surface area contributed by atoms with E-state index >= 15 is 0 Å². The number of amides is 3. The van der Waals surface area contributed by atoms with Gasteiger partial charge >= 0.3 is 0 Å². The minimum Gasteiger partial charge on any atom is -0.342 e. The summed E-state index contributed by atoms with van der Waals surface area (Å²) >= 11 is 0. The molecule has 0 aliphatic carbocycles. The predicted octanol–water partition coefficient (Wildman–Crippen LogP) is 3.65. The van der Waals surface area contributed by atoms with Crippen LogP contribution in [0.1, 0.15) is 43.9 Å². The van der Waals surface area contributed by atoms with Crippen molar-refractivity contribution in [2.75, 3.05) is 18.4 Å². The van der Waals surface area contributed by atoms with Crippen molar-refractivity contribution in [2.24, 2.45) is 5.73 Å². The molecule has 1 unspecified atom stereocenters. The molecule has 1 aliphatic rings. The van der Waals surface area contributed by atoms with Crippen LogP contribution in [0.4, 0.5) is 5.82 Å². The van der Waals surface area contributed by atoms with E-state index in [0.29, 0.717) is 0 Å². The number of hydrogen-bond donors (Lipinski definition) is 3. The predicted molar refractivity (Wildman–Crippen MR) is 159 cm³/mol. The fourth-order valence-electron chi connectivity index (χ4n) is 5.10. The van der Waals surface area contributed by atoms with Crippen LogP contribution in [-0.4, -0.2) is 56.8 Å². The molecule has 41 heavy (non-hydrogen) atoms. The van der Waals surface area contributed by atoms with Crippen LogP contribution in [0.25, 0.3) is 10.8 Å². The van der Waals surface area contributed by atoms with E-state index in [1.807, 2.05) is 77.7 Å². The summed E-state index contributed by atoms with van der Waals surface area (Å²) in [5.74, 6) is -0.585. The minimum atomic E-state index is -1.16. The molecule has 212 valence electrons. The molecule has 1 saturated heterocycles. The van der Waals surface area contributed by atoms with Crippen LogP contribution >= 0.6 is 0 Å². The second-order valence-corrected chi connectivity index (χ2v) is 11.2. The first-order valence-electron chi connectivity index (χ1n) is 13.9. The lowest BCUT2D eigenvalue weighted by molar-refractivity contribution is -0.132. The number of hydrogen-bond acceptors (Lipinski definition) is 5. The summed E-state index contributed by atoms with van der Waals surface area (Å²) in [6.45, 7) is 4.65. The zero-order chi connectivity index (χ0) is 29.0. The van der Waals surface area contributed by atoms with Gasteiger partial charge in [-0.3, -0.25) is 14.4 Å². The van der Waals surface area contributed by atoms with Crippen molar-refractivity contribution in [3.05, 3.63) is 96.4 Å². The summed E-state index contributed by atoms with van der Waals surface area (Å²) in [6.07, 6.45) is 5.45. The van der Waals surface area contributed by atoms with Crippen LogP contribution in [0.3, 0.4) is 0 Å². The maximum absolute atomic E-state index is 13.5. The van der Waals surface area contributed by atoms with Crippen molar-refractivity contribution in [2.45, 2.75) is 50.7 Å². The molecule has 2 heterocycles. The van der Waals surface area contributed by atoms with Gasteiger partial charge in [-0.2, -0.15) is 0 Å². The summed E-state index contributed by atoms with van der Waals surface area (Å²) in [6, 6.07) is 22.0. The van der Waals surface area contributed by atoms with Crippen molar-refractivity contribution in [1.82, 2.24) is 19.8 Å². The lowest BCUT2D eigenvalue weighted by Crippen LogP contribution is -2.55. The third-order valence-corrected chi connectivity index (χ3v) is 7.38. The summed E-state index contributed by atoms with van der Waals surface area (Å²) in [4.78, 5) is 46.1. The number of fused-ring (bicyclic) bond motifs is 1. The number of imidazole rings is 1. The van der Waals surface area contributed by atoms with E-state index in [9.17, 15) is 14.4 Å². The highest BCUT2D eigenvalue weighted by atomic mass is 16.2. The lowest BCUT2D eigenvalue weighted by atomic mass is 9.99. The van der Waals surface area contributed by atoms with Crippen LogP contribution in [0, 0.1) is 0 Å². The van der Waals surface area contributed by atoms with Gasteiger partial charge in [-0.05, 0) is 48.6 Å². The van der Waals surface area contributed by atoms with E-state index in [1.54, 1.807) is 30.9 Å². The number of rotatable bonds is 9. The van der Waals surface area contributed by atoms with Gasteiger partial charge in [0, 0.05) is 25.7 Å². The van der Waals surface area contributed by atoms with E-state index in [1.165, 1.54) is 0 Å². The van der Waals surface area contributed by atoms with E-state index in [2.05, 4.69) is 15.6 Å². The smallest absolute Gasteiger partial charge is 0.250 e. The molecule has 4 aromatic rings. The lowest BCUT2D eigenvalue weighted by Gasteiger charge is -2.24. The molecule has 9 heteroatoms. The molecule has 0 radical (unpaired) electrons. The Morgan fingerprint density at radius 2 is 1.63 bits per heavy atom. The van der Waals surface area contributed by atoms with Crippen LogP contribution in [-0.2, 0) is 20.8 Å². The Balaban J connectivity index is 1.38. The topological polar surface area (TPSA) is 122 Å². The fourth-order valence-corrected chi connectivity index (χ4v) is 5.10. The molecule has 0 bridgehead atoms. The largest absolute Gasteiger partial charge is 0.342 e. The quantitative estimate of drug-likeness (QED) is 0.293. The molecule has 0 spiro atoms. The summed E-state index contributed by atoms with van der Waals surface area (Å²) < 4.78 is 1.73. The van der Waals surface area contributed by atoms with Crippen LogP contribution in [0.5, 0.6) is 0 Å². The number of nitrogens with one attached hydrogen (secondary N) is 2. The number of nitrogens with two attached hydrogens (primary N) is 1. The number of anilines is 1. The molecule has 1 aromatic heterocycles. The average molecular weight is 553 g/mol. The number of benzene rings is 3. The average Bonchev–Trinajstić information content (AvgIpc) is 3.66. The van der Waals surface area contributed by atoms with E-state index < -0.39 is 29.4 Å². The number of aromatic nitrogens is 2. The highest BCUT2D eigenvalue weighted by molar-refractivity contribution is 5.98. The number of carbonyl (C=O) groups excluding carboxylic acids is 3.